The third kappa shape index (κ3) is 4.70. The molecule has 10 nitrogen and oxygen atoms in total. The highest BCUT2D eigenvalue weighted by atomic mass is 19.1. The molecule has 3 aromatic rings. The molecule has 4 N–H and O–H groups in total. The fourth-order valence-corrected chi connectivity index (χ4v) is 3.45. The number of aromatic nitrogens is 4. The minimum Gasteiger partial charge on any atom is -0.378 e. The summed E-state index contributed by atoms with van der Waals surface area (Å²) in [7, 11) is 0. The van der Waals surface area contributed by atoms with Gasteiger partial charge in [0.25, 0.3) is 5.91 Å². The van der Waals surface area contributed by atoms with Gasteiger partial charge in [0.2, 0.25) is 0 Å². The number of hydrogen-bond acceptors (Lipinski definition) is 9. The monoisotopic (exact) mass is 433 g/mol. The van der Waals surface area contributed by atoms with Crippen molar-refractivity contribution in [3.05, 3.63) is 60.3 Å². The minimum absolute atomic E-state index is 0.123. The highest BCUT2D eigenvalue weighted by Crippen LogP contribution is 2.26. The number of nitrogens with zero attached hydrogens (tertiary/aromatic N) is 6. The maximum atomic E-state index is 15.0. The summed E-state index contributed by atoms with van der Waals surface area (Å²) in [6, 6.07) is 6.43. The van der Waals surface area contributed by atoms with Crippen LogP contribution in [0.25, 0.3) is 0 Å². The molecular weight excluding hydrogens is 413 g/mol. The Hall–Kier alpha value is -4.33. The SMILES string of the molecule is N#Cc1ccc(N2CC[C@@H](Nc3cc(Nc4cnccn4)ncc3C(N)=O)[C@H](F)C2)nc1. The maximum Gasteiger partial charge on any atom is 0.252 e. The first-order chi connectivity index (χ1) is 15.5. The molecule has 0 unspecified atom stereocenters. The minimum atomic E-state index is -1.23. The van der Waals surface area contributed by atoms with E-state index in [4.69, 9.17) is 11.0 Å². The zero-order valence-electron chi connectivity index (χ0n) is 16.9. The van der Waals surface area contributed by atoms with E-state index in [-0.39, 0.29) is 12.1 Å². The van der Waals surface area contributed by atoms with Crippen LogP contribution in [0.4, 0.5) is 27.5 Å². The number of alkyl halides is 1. The van der Waals surface area contributed by atoms with Gasteiger partial charge in [-0.1, -0.05) is 0 Å². The van der Waals surface area contributed by atoms with Gasteiger partial charge < -0.3 is 21.3 Å². The number of nitrogens with two attached hydrogens (primary N) is 1. The predicted molar refractivity (Wildman–Crippen MR) is 116 cm³/mol. The van der Waals surface area contributed by atoms with Gasteiger partial charge in [-0.05, 0) is 18.6 Å². The molecule has 1 amide bonds. The zero-order valence-corrected chi connectivity index (χ0v) is 16.9. The van der Waals surface area contributed by atoms with Crippen molar-refractivity contribution >= 4 is 29.0 Å². The van der Waals surface area contributed by atoms with E-state index >= 15 is 4.39 Å². The van der Waals surface area contributed by atoms with Crippen LogP contribution in [0.3, 0.4) is 0 Å². The fraction of sp³-hybridized carbons (Fsp3) is 0.238. The second kappa shape index (κ2) is 9.22. The van der Waals surface area contributed by atoms with Crippen LogP contribution in [-0.2, 0) is 0 Å². The number of halogens is 1. The van der Waals surface area contributed by atoms with Crippen LogP contribution >= 0.6 is 0 Å². The summed E-state index contributed by atoms with van der Waals surface area (Å²) in [6.07, 6.45) is 6.65. The lowest BCUT2D eigenvalue weighted by molar-refractivity contribution is 0.100. The van der Waals surface area contributed by atoms with Crippen molar-refractivity contribution in [2.45, 2.75) is 18.6 Å². The van der Waals surface area contributed by atoms with E-state index in [1.54, 1.807) is 24.4 Å². The normalized spacial score (nSPS) is 17.9. The van der Waals surface area contributed by atoms with Crippen LogP contribution in [0.5, 0.6) is 0 Å². The lowest BCUT2D eigenvalue weighted by Gasteiger charge is -2.36. The summed E-state index contributed by atoms with van der Waals surface area (Å²) in [4.78, 5) is 30.2. The first-order valence-corrected chi connectivity index (χ1v) is 9.88. The number of carbonyl (C=O) groups excluding carboxylic acids is 1. The number of pyridine rings is 2. The summed E-state index contributed by atoms with van der Waals surface area (Å²) >= 11 is 0. The van der Waals surface area contributed by atoms with Crippen LogP contribution in [0.2, 0.25) is 0 Å². The Labute approximate surface area is 183 Å². The van der Waals surface area contributed by atoms with Crippen molar-refractivity contribution in [3.63, 3.8) is 0 Å². The van der Waals surface area contributed by atoms with E-state index in [2.05, 4.69) is 30.6 Å². The number of amides is 1. The van der Waals surface area contributed by atoms with Gasteiger partial charge in [-0.2, -0.15) is 5.26 Å². The van der Waals surface area contributed by atoms with E-state index in [1.165, 1.54) is 24.8 Å². The van der Waals surface area contributed by atoms with Gasteiger partial charge in [0, 0.05) is 37.4 Å². The number of primary amides is 1. The first-order valence-electron chi connectivity index (χ1n) is 9.88. The molecule has 0 aromatic carbocycles. The Morgan fingerprint density at radius 3 is 2.72 bits per heavy atom. The molecule has 0 bridgehead atoms. The molecule has 11 heteroatoms. The lowest BCUT2D eigenvalue weighted by atomic mass is 10.0. The molecule has 1 fully saturated rings. The topological polar surface area (TPSA) is 146 Å². The van der Waals surface area contributed by atoms with Crippen molar-refractivity contribution in [1.82, 2.24) is 19.9 Å². The van der Waals surface area contributed by atoms with E-state index in [1.807, 2.05) is 11.0 Å². The van der Waals surface area contributed by atoms with Crippen LogP contribution in [0, 0.1) is 11.3 Å². The van der Waals surface area contributed by atoms with E-state index in [9.17, 15) is 4.79 Å². The second-order valence-corrected chi connectivity index (χ2v) is 7.21. The standard InChI is InChI=1S/C21H20FN9O/c22-15-12-31(20-2-1-13(8-23)9-28-20)6-3-16(15)29-17-7-18(27-10-14(17)21(24)32)30-19-11-25-4-5-26-19/h1-2,4-5,7,9-11,15-16H,3,6,12H2,(H2,24,32)(H2,26,27,29,30)/t15-,16-/m1/s1. The van der Waals surface area contributed by atoms with Crippen molar-refractivity contribution in [3.8, 4) is 6.07 Å². The largest absolute Gasteiger partial charge is 0.378 e. The molecule has 162 valence electrons. The van der Waals surface area contributed by atoms with Crippen molar-refractivity contribution in [2.24, 2.45) is 5.73 Å². The third-order valence-corrected chi connectivity index (χ3v) is 5.07. The van der Waals surface area contributed by atoms with Gasteiger partial charge in [0.1, 0.15) is 29.7 Å². The quantitative estimate of drug-likeness (QED) is 0.531. The summed E-state index contributed by atoms with van der Waals surface area (Å²) in [5.41, 5.74) is 6.48. The zero-order chi connectivity index (χ0) is 22.5. The number of piperidine rings is 1. The number of anilines is 4. The smallest absolute Gasteiger partial charge is 0.252 e. The number of nitriles is 1. The molecule has 1 aliphatic heterocycles. The van der Waals surface area contributed by atoms with Crippen molar-refractivity contribution in [1.29, 1.82) is 5.26 Å². The Morgan fingerprint density at radius 1 is 1.19 bits per heavy atom. The number of rotatable bonds is 6. The molecule has 32 heavy (non-hydrogen) atoms. The number of nitrogens with one attached hydrogen (secondary N) is 2. The van der Waals surface area contributed by atoms with Gasteiger partial charge in [0.15, 0.2) is 0 Å². The lowest BCUT2D eigenvalue weighted by Crippen LogP contribution is -2.48. The van der Waals surface area contributed by atoms with Gasteiger partial charge in [0.05, 0.1) is 35.6 Å². The highest BCUT2D eigenvalue weighted by Gasteiger charge is 2.30. The van der Waals surface area contributed by atoms with E-state index < -0.39 is 18.1 Å². The Kier molecular flexibility index (Phi) is 6.03. The van der Waals surface area contributed by atoms with Gasteiger partial charge >= 0.3 is 0 Å². The van der Waals surface area contributed by atoms with Crippen molar-refractivity contribution < 1.29 is 9.18 Å². The molecule has 0 spiro atoms. The molecule has 0 aliphatic carbocycles. The number of hydrogen-bond donors (Lipinski definition) is 3. The number of carbonyl (C=O) groups is 1. The fourth-order valence-electron chi connectivity index (χ4n) is 3.45. The predicted octanol–water partition coefficient (Wildman–Crippen LogP) is 2.01. The molecular formula is C21H20FN9O. The Bertz CT molecular complexity index is 1130. The third-order valence-electron chi connectivity index (χ3n) is 5.07. The molecule has 1 aliphatic rings. The van der Waals surface area contributed by atoms with Crippen LogP contribution in [0.15, 0.2) is 49.2 Å². The van der Waals surface area contributed by atoms with Crippen LogP contribution in [0.1, 0.15) is 22.3 Å². The molecule has 1 saturated heterocycles. The van der Waals surface area contributed by atoms with Crippen LogP contribution < -0.4 is 21.3 Å². The Morgan fingerprint density at radius 2 is 2.06 bits per heavy atom. The van der Waals surface area contributed by atoms with Crippen molar-refractivity contribution in [2.75, 3.05) is 28.6 Å². The average molecular weight is 433 g/mol. The van der Waals surface area contributed by atoms with E-state index in [0.29, 0.717) is 41.7 Å². The summed E-state index contributed by atoms with van der Waals surface area (Å²) < 4.78 is 15.0. The molecule has 4 heterocycles. The summed E-state index contributed by atoms with van der Waals surface area (Å²) in [5.74, 6) is 0.833. The summed E-state index contributed by atoms with van der Waals surface area (Å²) in [6.45, 7) is 0.678. The van der Waals surface area contributed by atoms with Gasteiger partial charge in [-0.3, -0.25) is 9.78 Å². The van der Waals surface area contributed by atoms with E-state index in [0.717, 1.165) is 0 Å². The molecule has 0 saturated carbocycles. The van der Waals surface area contributed by atoms with Crippen LogP contribution in [-0.4, -0.2) is 51.1 Å². The molecule has 0 radical (unpaired) electrons. The average Bonchev–Trinajstić information content (AvgIpc) is 2.81. The van der Waals surface area contributed by atoms with Gasteiger partial charge in [-0.25, -0.2) is 19.3 Å². The molecule has 2 atom stereocenters. The highest BCUT2D eigenvalue weighted by molar-refractivity contribution is 5.98. The second-order valence-electron chi connectivity index (χ2n) is 7.21. The van der Waals surface area contributed by atoms with Gasteiger partial charge in [-0.15, -0.1) is 0 Å². The molecule has 4 rings (SSSR count). The first kappa shape index (κ1) is 20.9. The molecule has 3 aromatic heterocycles. The summed E-state index contributed by atoms with van der Waals surface area (Å²) in [5, 5.41) is 15.0. The maximum absolute atomic E-state index is 15.0. The Balaban J connectivity index is 1.48.